The molecule has 1 N–H and O–H groups in total. The second-order valence-electron chi connectivity index (χ2n) is 4.08. The molecule has 1 aromatic rings. The highest BCUT2D eigenvalue weighted by atomic mass is 19.4. The Balaban J connectivity index is 1.80. The van der Waals surface area contributed by atoms with E-state index in [1.165, 1.54) is 0 Å². The highest BCUT2D eigenvalue weighted by Crippen LogP contribution is 2.25. The number of ether oxygens (including phenoxy) is 1. The predicted molar refractivity (Wildman–Crippen MR) is 58.3 cm³/mol. The van der Waals surface area contributed by atoms with Crippen LogP contribution in [0.1, 0.15) is 11.1 Å². The number of rotatable bonds is 4. The number of fused-ring (bicyclic) bond motifs is 1. The van der Waals surface area contributed by atoms with Gasteiger partial charge in [-0.1, -0.05) is 12.1 Å². The highest BCUT2D eigenvalue weighted by molar-refractivity contribution is 5.39. The average Bonchev–Trinajstić information content (AvgIpc) is 2.70. The summed E-state index contributed by atoms with van der Waals surface area (Å²) in [6.45, 7) is 0.102. The van der Waals surface area contributed by atoms with Gasteiger partial charge in [-0.05, 0) is 30.2 Å². The summed E-state index contributed by atoms with van der Waals surface area (Å²) in [5.74, 6) is 0.900. The van der Waals surface area contributed by atoms with E-state index in [2.05, 4.69) is 5.32 Å². The van der Waals surface area contributed by atoms with E-state index < -0.39 is 12.7 Å². The van der Waals surface area contributed by atoms with Gasteiger partial charge in [0.2, 0.25) is 0 Å². The summed E-state index contributed by atoms with van der Waals surface area (Å²) < 4.78 is 41.0. The van der Waals surface area contributed by atoms with Gasteiger partial charge in [0, 0.05) is 6.42 Å². The monoisotopic (exact) mass is 245 g/mol. The second kappa shape index (κ2) is 4.96. The molecule has 0 atom stereocenters. The van der Waals surface area contributed by atoms with Gasteiger partial charge in [0.25, 0.3) is 0 Å². The normalized spacial score (nSPS) is 14.5. The maximum atomic E-state index is 11.9. The van der Waals surface area contributed by atoms with Crippen LogP contribution in [0.4, 0.5) is 13.2 Å². The molecule has 17 heavy (non-hydrogen) atoms. The third-order valence-electron chi connectivity index (χ3n) is 2.67. The first-order chi connectivity index (χ1) is 8.04. The first-order valence-electron chi connectivity index (χ1n) is 5.57. The van der Waals surface area contributed by atoms with Gasteiger partial charge in [-0.3, -0.25) is 0 Å². The first kappa shape index (κ1) is 12.2. The van der Waals surface area contributed by atoms with Crippen molar-refractivity contribution in [3.63, 3.8) is 0 Å². The predicted octanol–water partition coefficient (Wildman–Crippen LogP) is 2.32. The molecule has 2 rings (SSSR count). The van der Waals surface area contributed by atoms with Gasteiger partial charge in [-0.25, -0.2) is 0 Å². The Kier molecular flexibility index (Phi) is 3.57. The topological polar surface area (TPSA) is 21.3 Å². The molecule has 0 unspecified atom stereocenters. The number of benzene rings is 1. The van der Waals surface area contributed by atoms with E-state index in [1.54, 1.807) is 0 Å². The fraction of sp³-hybridized carbons (Fsp3) is 0.500. The van der Waals surface area contributed by atoms with Crippen LogP contribution in [0, 0.1) is 0 Å². The van der Waals surface area contributed by atoms with Gasteiger partial charge in [0.15, 0.2) is 0 Å². The fourth-order valence-corrected chi connectivity index (χ4v) is 1.86. The maximum absolute atomic E-state index is 11.9. The van der Waals surface area contributed by atoms with Gasteiger partial charge in [-0.2, -0.15) is 13.2 Å². The van der Waals surface area contributed by atoms with E-state index in [1.807, 2.05) is 18.2 Å². The second-order valence-corrected chi connectivity index (χ2v) is 4.08. The Morgan fingerprint density at radius 1 is 1.29 bits per heavy atom. The van der Waals surface area contributed by atoms with Crippen LogP contribution in [-0.4, -0.2) is 25.9 Å². The molecule has 0 aromatic heterocycles. The SMILES string of the molecule is FC(F)(F)CNCCc1ccc2c(c1)CCO2. The van der Waals surface area contributed by atoms with Crippen LogP contribution in [-0.2, 0) is 12.8 Å². The number of hydrogen-bond acceptors (Lipinski definition) is 2. The lowest BCUT2D eigenvalue weighted by atomic mass is 10.1. The molecule has 1 aliphatic heterocycles. The molecule has 1 aliphatic rings. The summed E-state index contributed by atoms with van der Waals surface area (Å²) >= 11 is 0. The zero-order valence-corrected chi connectivity index (χ0v) is 9.31. The molecule has 1 aromatic carbocycles. The van der Waals surface area contributed by atoms with Gasteiger partial charge in [-0.15, -0.1) is 0 Å². The van der Waals surface area contributed by atoms with Crippen LogP contribution in [0.15, 0.2) is 18.2 Å². The Morgan fingerprint density at radius 2 is 2.12 bits per heavy atom. The fourth-order valence-electron chi connectivity index (χ4n) is 1.86. The van der Waals surface area contributed by atoms with Crippen molar-refractivity contribution in [2.75, 3.05) is 19.7 Å². The minimum Gasteiger partial charge on any atom is -0.493 e. The van der Waals surface area contributed by atoms with Gasteiger partial charge in [0.1, 0.15) is 5.75 Å². The molecular formula is C12H14F3NO. The summed E-state index contributed by atoms with van der Waals surface area (Å²) in [4.78, 5) is 0. The number of alkyl halides is 3. The molecule has 2 nitrogen and oxygen atoms in total. The van der Waals surface area contributed by atoms with Crippen molar-refractivity contribution in [2.24, 2.45) is 0 Å². The summed E-state index contributed by atoms with van der Waals surface area (Å²) in [6.07, 6.45) is -2.64. The van der Waals surface area contributed by atoms with E-state index in [9.17, 15) is 13.2 Å². The van der Waals surface area contributed by atoms with Gasteiger partial charge < -0.3 is 10.1 Å². The van der Waals surface area contributed by atoms with E-state index in [-0.39, 0.29) is 0 Å². The molecule has 0 aliphatic carbocycles. The lowest BCUT2D eigenvalue weighted by Crippen LogP contribution is -2.30. The van der Waals surface area contributed by atoms with Crippen LogP contribution in [0.25, 0.3) is 0 Å². The summed E-state index contributed by atoms with van der Waals surface area (Å²) in [7, 11) is 0. The Hall–Kier alpha value is -1.23. The first-order valence-corrected chi connectivity index (χ1v) is 5.57. The van der Waals surface area contributed by atoms with Crippen molar-refractivity contribution in [2.45, 2.75) is 19.0 Å². The molecule has 1 heterocycles. The number of halogens is 3. The molecule has 5 heteroatoms. The van der Waals surface area contributed by atoms with Gasteiger partial charge >= 0.3 is 6.18 Å². The van der Waals surface area contributed by atoms with Crippen molar-refractivity contribution in [1.29, 1.82) is 0 Å². The van der Waals surface area contributed by atoms with E-state index >= 15 is 0 Å². The van der Waals surface area contributed by atoms with Crippen LogP contribution in [0.5, 0.6) is 5.75 Å². The smallest absolute Gasteiger partial charge is 0.401 e. The Labute approximate surface area is 97.8 Å². The summed E-state index contributed by atoms with van der Waals surface area (Å²) in [5.41, 5.74) is 2.20. The molecule has 0 bridgehead atoms. The Morgan fingerprint density at radius 3 is 2.88 bits per heavy atom. The van der Waals surface area contributed by atoms with E-state index in [0.717, 1.165) is 23.3 Å². The zero-order valence-electron chi connectivity index (χ0n) is 9.31. The average molecular weight is 245 g/mol. The molecule has 0 fully saturated rings. The van der Waals surface area contributed by atoms with Crippen LogP contribution in [0.3, 0.4) is 0 Å². The minimum atomic E-state index is -4.13. The Bertz CT molecular complexity index is 390. The standard InChI is InChI=1S/C12H14F3NO/c13-12(14,15)8-16-5-3-9-1-2-11-10(7-9)4-6-17-11/h1-2,7,16H,3-6,8H2. The molecule has 0 saturated carbocycles. The molecule has 0 saturated heterocycles. The largest absolute Gasteiger partial charge is 0.493 e. The van der Waals surface area contributed by atoms with Crippen molar-refractivity contribution >= 4 is 0 Å². The quantitative estimate of drug-likeness (QED) is 0.822. The van der Waals surface area contributed by atoms with Crippen molar-refractivity contribution in [3.05, 3.63) is 29.3 Å². The van der Waals surface area contributed by atoms with Crippen molar-refractivity contribution < 1.29 is 17.9 Å². The van der Waals surface area contributed by atoms with Crippen LogP contribution < -0.4 is 10.1 Å². The lowest BCUT2D eigenvalue weighted by molar-refractivity contribution is -0.124. The summed E-state index contributed by atoms with van der Waals surface area (Å²) in [6, 6.07) is 5.80. The minimum absolute atomic E-state index is 0.332. The van der Waals surface area contributed by atoms with Gasteiger partial charge in [0.05, 0.1) is 13.2 Å². The third-order valence-corrected chi connectivity index (χ3v) is 2.67. The molecule has 0 radical (unpaired) electrons. The maximum Gasteiger partial charge on any atom is 0.401 e. The van der Waals surface area contributed by atoms with E-state index in [4.69, 9.17) is 4.74 Å². The number of nitrogens with one attached hydrogen (secondary N) is 1. The molecular weight excluding hydrogens is 231 g/mol. The lowest BCUT2D eigenvalue weighted by Gasteiger charge is -2.08. The third kappa shape index (κ3) is 3.63. The van der Waals surface area contributed by atoms with Crippen LogP contribution in [0.2, 0.25) is 0 Å². The highest BCUT2D eigenvalue weighted by Gasteiger charge is 2.25. The summed E-state index contributed by atoms with van der Waals surface area (Å²) in [5, 5.41) is 2.39. The molecule has 0 amide bonds. The number of hydrogen-bond donors (Lipinski definition) is 1. The van der Waals surface area contributed by atoms with Crippen molar-refractivity contribution in [3.8, 4) is 5.75 Å². The van der Waals surface area contributed by atoms with Crippen molar-refractivity contribution in [1.82, 2.24) is 5.32 Å². The van der Waals surface area contributed by atoms with Crippen LogP contribution >= 0.6 is 0 Å². The van der Waals surface area contributed by atoms with E-state index in [0.29, 0.717) is 19.6 Å². The zero-order chi connectivity index (χ0) is 12.3. The molecule has 94 valence electrons. The molecule has 0 spiro atoms.